The Morgan fingerprint density at radius 1 is 1.30 bits per heavy atom. The Morgan fingerprint density at radius 2 is 2.05 bits per heavy atom. The van der Waals surface area contributed by atoms with Crippen molar-refractivity contribution in [2.75, 3.05) is 0 Å². The number of rotatable bonds is 4. The van der Waals surface area contributed by atoms with Gasteiger partial charge in [-0.25, -0.2) is 8.78 Å². The maximum atomic E-state index is 13.6. The summed E-state index contributed by atoms with van der Waals surface area (Å²) in [5.74, 6) is -1.32. The number of hydrogen-bond donors (Lipinski definition) is 0. The van der Waals surface area contributed by atoms with Gasteiger partial charge in [0.15, 0.2) is 0 Å². The first-order valence-corrected chi connectivity index (χ1v) is 6.21. The van der Waals surface area contributed by atoms with Crippen molar-refractivity contribution in [1.29, 1.82) is 0 Å². The molecule has 0 spiro atoms. The molecule has 0 radical (unpaired) electrons. The first kappa shape index (κ1) is 14.8. The van der Waals surface area contributed by atoms with Crippen molar-refractivity contribution in [1.82, 2.24) is 0 Å². The highest BCUT2D eigenvalue weighted by molar-refractivity contribution is 5.65. The lowest BCUT2D eigenvalue weighted by Crippen LogP contribution is -2.31. The van der Waals surface area contributed by atoms with Crippen LogP contribution in [0, 0.1) is 11.6 Å². The van der Waals surface area contributed by atoms with Crippen LogP contribution in [0.2, 0.25) is 0 Å². The lowest BCUT2D eigenvalue weighted by Gasteiger charge is -2.28. The van der Waals surface area contributed by atoms with E-state index in [1.165, 1.54) is 19.3 Å². The smallest absolute Gasteiger partial charge is 0.345 e. The van der Waals surface area contributed by atoms with Gasteiger partial charge in [0.05, 0.1) is 12.4 Å². The van der Waals surface area contributed by atoms with E-state index in [9.17, 15) is 17.6 Å². The van der Waals surface area contributed by atoms with Crippen molar-refractivity contribution in [3.8, 4) is 0 Å². The molecular weight excluding hydrogens is 276 g/mol. The summed E-state index contributed by atoms with van der Waals surface area (Å²) in [4.78, 5) is 0. The van der Waals surface area contributed by atoms with E-state index in [-0.39, 0.29) is 5.56 Å². The third kappa shape index (κ3) is 3.50. The number of halogens is 4. The van der Waals surface area contributed by atoms with Gasteiger partial charge in [-0.2, -0.15) is 8.78 Å². The Bertz CT molecular complexity index is 502. The molecule has 0 bridgehead atoms. The van der Waals surface area contributed by atoms with Crippen LogP contribution in [0.4, 0.5) is 17.6 Å². The molecule has 0 saturated heterocycles. The van der Waals surface area contributed by atoms with E-state index >= 15 is 0 Å². The van der Waals surface area contributed by atoms with Crippen molar-refractivity contribution in [2.24, 2.45) is 0 Å². The van der Waals surface area contributed by atoms with E-state index in [0.717, 1.165) is 12.1 Å². The second kappa shape index (κ2) is 6.26. The summed E-state index contributed by atoms with van der Waals surface area (Å²) >= 11 is 0. The van der Waals surface area contributed by atoms with Gasteiger partial charge in [-0.15, -0.1) is 0 Å². The molecule has 2 rings (SSSR count). The van der Waals surface area contributed by atoms with Crippen LogP contribution in [0.1, 0.15) is 25.3 Å². The zero-order valence-electron chi connectivity index (χ0n) is 10.8. The summed E-state index contributed by atoms with van der Waals surface area (Å²) in [5.41, 5.74) is 0.829. The van der Waals surface area contributed by atoms with Gasteiger partial charge in [-0.05, 0) is 37.5 Å². The minimum Gasteiger partial charge on any atom is -0.495 e. The highest BCUT2D eigenvalue weighted by Crippen LogP contribution is 2.30. The van der Waals surface area contributed by atoms with E-state index in [1.807, 2.05) is 0 Å². The quantitative estimate of drug-likeness (QED) is 0.777. The molecule has 2 nitrogen and oxygen atoms in total. The maximum absolute atomic E-state index is 13.6. The fourth-order valence-electron chi connectivity index (χ4n) is 2.14. The predicted octanol–water partition coefficient (Wildman–Crippen LogP) is 4.11. The molecule has 2 atom stereocenters. The van der Waals surface area contributed by atoms with Gasteiger partial charge in [0.25, 0.3) is 0 Å². The van der Waals surface area contributed by atoms with Crippen molar-refractivity contribution in [2.45, 2.75) is 38.6 Å². The highest BCUT2D eigenvalue weighted by atomic mass is 19.3. The number of ether oxygens (including phenoxy) is 2. The third-order valence-electron chi connectivity index (χ3n) is 3.20. The summed E-state index contributed by atoms with van der Waals surface area (Å²) in [6.45, 7) is -1.36. The Morgan fingerprint density at radius 3 is 2.60 bits per heavy atom. The molecule has 0 fully saturated rings. The van der Waals surface area contributed by atoms with Crippen LogP contribution in [0.3, 0.4) is 0 Å². The molecule has 1 aliphatic heterocycles. The topological polar surface area (TPSA) is 18.5 Å². The molecule has 0 N–H and O–H groups in total. The molecule has 110 valence electrons. The predicted molar refractivity (Wildman–Crippen MR) is 65.0 cm³/mol. The van der Waals surface area contributed by atoms with E-state index in [2.05, 4.69) is 4.74 Å². The minimum absolute atomic E-state index is 0.257. The average Bonchev–Trinajstić information content (AvgIpc) is 2.38. The lowest BCUT2D eigenvalue weighted by molar-refractivity contribution is -0.184. The zero-order chi connectivity index (χ0) is 14.7. The molecule has 0 aliphatic carbocycles. The molecule has 2 unspecified atom stereocenters. The summed E-state index contributed by atoms with van der Waals surface area (Å²) in [6, 6.07) is 3.29. The number of alkyl halides is 2. The SMILES string of the molecule is CC(OC(F)F)C1CCC(c2ccc(F)cc2F)=CO1. The van der Waals surface area contributed by atoms with Crippen LogP contribution in [-0.2, 0) is 9.47 Å². The average molecular weight is 290 g/mol. The molecule has 6 heteroatoms. The van der Waals surface area contributed by atoms with Gasteiger partial charge in [0, 0.05) is 11.6 Å². The van der Waals surface area contributed by atoms with Crippen molar-refractivity contribution < 1.29 is 27.0 Å². The largest absolute Gasteiger partial charge is 0.495 e. The number of benzene rings is 1. The molecular formula is C14H14F4O2. The summed E-state index contributed by atoms with van der Waals surface area (Å²) in [7, 11) is 0. The third-order valence-corrected chi connectivity index (χ3v) is 3.20. The van der Waals surface area contributed by atoms with Gasteiger partial charge in [0.2, 0.25) is 0 Å². The second-order valence-electron chi connectivity index (χ2n) is 4.58. The Kier molecular flexibility index (Phi) is 4.65. The van der Waals surface area contributed by atoms with Crippen LogP contribution in [0.5, 0.6) is 0 Å². The molecule has 1 aromatic carbocycles. The van der Waals surface area contributed by atoms with Crippen LogP contribution in [-0.4, -0.2) is 18.8 Å². The summed E-state index contributed by atoms with van der Waals surface area (Å²) < 4.78 is 60.3. The van der Waals surface area contributed by atoms with Crippen molar-refractivity contribution >= 4 is 5.57 Å². The summed E-state index contributed by atoms with van der Waals surface area (Å²) in [6.07, 6.45) is 0.943. The van der Waals surface area contributed by atoms with Gasteiger partial charge < -0.3 is 9.47 Å². The van der Waals surface area contributed by atoms with E-state index < -0.39 is 30.5 Å². The summed E-state index contributed by atoms with van der Waals surface area (Å²) in [5, 5.41) is 0. The van der Waals surface area contributed by atoms with Crippen LogP contribution in [0.15, 0.2) is 24.5 Å². The first-order chi connectivity index (χ1) is 9.47. The monoisotopic (exact) mass is 290 g/mol. The van der Waals surface area contributed by atoms with Crippen LogP contribution < -0.4 is 0 Å². The molecule has 20 heavy (non-hydrogen) atoms. The zero-order valence-corrected chi connectivity index (χ0v) is 10.8. The van der Waals surface area contributed by atoms with Crippen molar-refractivity contribution in [3.05, 3.63) is 41.7 Å². The molecule has 1 heterocycles. The van der Waals surface area contributed by atoms with E-state index in [4.69, 9.17) is 4.74 Å². The second-order valence-corrected chi connectivity index (χ2v) is 4.58. The van der Waals surface area contributed by atoms with Crippen LogP contribution >= 0.6 is 0 Å². The fourth-order valence-corrected chi connectivity index (χ4v) is 2.14. The Labute approximate surface area is 114 Å². The molecule has 0 saturated carbocycles. The van der Waals surface area contributed by atoms with Gasteiger partial charge in [-0.1, -0.05) is 0 Å². The first-order valence-electron chi connectivity index (χ1n) is 6.21. The normalized spacial score (nSPS) is 20.5. The van der Waals surface area contributed by atoms with Gasteiger partial charge in [0.1, 0.15) is 17.7 Å². The molecule has 0 aromatic heterocycles. The molecule has 1 aliphatic rings. The minimum atomic E-state index is -2.85. The number of hydrogen-bond acceptors (Lipinski definition) is 2. The standard InChI is InChI=1S/C14H14F4O2/c1-8(20-14(17)18)13-5-2-9(7-19-13)11-4-3-10(15)6-12(11)16/h3-4,6-8,13-14H,2,5H2,1H3. The van der Waals surface area contributed by atoms with E-state index in [0.29, 0.717) is 18.4 Å². The number of allylic oxidation sites excluding steroid dienone is 1. The Balaban J connectivity index is 2.05. The Hall–Kier alpha value is -1.56. The van der Waals surface area contributed by atoms with Gasteiger partial charge in [-0.3, -0.25) is 0 Å². The van der Waals surface area contributed by atoms with Crippen LogP contribution in [0.25, 0.3) is 5.57 Å². The lowest BCUT2D eigenvalue weighted by atomic mass is 9.96. The van der Waals surface area contributed by atoms with Gasteiger partial charge >= 0.3 is 6.61 Å². The van der Waals surface area contributed by atoms with Crippen molar-refractivity contribution in [3.63, 3.8) is 0 Å². The maximum Gasteiger partial charge on any atom is 0.345 e. The molecule has 0 amide bonds. The highest BCUT2D eigenvalue weighted by Gasteiger charge is 2.26. The fraction of sp³-hybridized carbons (Fsp3) is 0.429. The van der Waals surface area contributed by atoms with E-state index in [1.54, 1.807) is 0 Å². The molecule has 1 aromatic rings.